The van der Waals surface area contributed by atoms with Crippen molar-refractivity contribution in [2.75, 3.05) is 7.11 Å². The lowest BCUT2D eigenvalue weighted by Crippen LogP contribution is -2.18. The molecule has 0 saturated carbocycles. The fraction of sp³-hybridized carbons (Fsp3) is 0.250. The summed E-state index contributed by atoms with van der Waals surface area (Å²) in [5.41, 5.74) is 2.30. The van der Waals surface area contributed by atoms with Crippen molar-refractivity contribution in [1.29, 1.82) is 0 Å². The molecule has 2 aromatic carbocycles. The second-order valence-electron chi connectivity index (χ2n) is 4.66. The average molecular weight is 336 g/mol. The van der Waals surface area contributed by atoms with Crippen LogP contribution in [0, 0.1) is 0 Å². The minimum atomic E-state index is 0.163. The number of halogens is 1. The maximum Gasteiger partial charge on any atom is 0.160 e. The highest BCUT2D eigenvalue weighted by molar-refractivity contribution is 9.10. The lowest BCUT2D eigenvalue weighted by molar-refractivity contribution is 0.372. The number of ether oxygens (including phenoxy) is 1. The summed E-state index contributed by atoms with van der Waals surface area (Å²) < 4.78 is 6.19. The Bertz CT molecular complexity index is 586. The first-order valence-corrected chi connectivity index (χ1v) is 7.24. The van der Waals surface area contributed by atoms with Gasteiger partial charge in [0.15, 0.2) is 11.5 Å². The molecule has 0 amide bonds. The van der Waals surface area contributed by atoms with Crippen LogP contribution in [0.4, 0.5) is 0 Å². The minimum absolute atomic E-state index is 0.163. The Labute approximate surface area is 127 Å². The molecule has 0 aliphatic carbocycles. The third-order valence-electron chi connectivity index (χ3n) is 3.21. The van der Waals surface area contributed by atoms with Gasteiger partial charge in [-0.1, -0.05) is 34.1 Å². The molecule has 1 atom stereocenters. The van der Waals surface area contributed by atoms with Crippen molar-refractivity contribution >= 4 is 15.9 Å². The third-order valence-corrected chi connectivity index (χ3v) is 3.70. The van der Waals surface area contributed by atoms with Crippen LogP contribution in [0.15, 0.2) is 46.9 Å². The van der Waals surface area contributed by atoms with Crippen molar-refractivity contribution in [3.05, 3.63) is 58.1 Å². The van der Waals surface area contributed by atoms with E-state index in [0.717, 1.165) is 10.0 Å². The molecule has 20 heavy (non-hydrogen) atoms. The van der Waals surface area contributed by atoms with E-state index >= 15 is 0 Å². The number of rotatable bonds is 5. The van der Waals surface area contributed by atoms with Gasteiger partial charge in [-0.15, -0.1) is 0 Å². The summed E-state index contributed by atoms with van der Waals surface area (Å²) in [6, 6.07) is 13.9. The molecule has 0 saturated heterocycles. The summed E-state index contributed by atoms with van der Waals surface area (Å²) in [5, 5.41) is 13.0. The smallest absolute Gasteiger partial charge is 0.160 e. The number of methoxy groups -OCH3 is 1. The van der Waals surface area contributed by atoms with Crippen LogP contribution in [0.1, 0.15) is 24.1 Å². The Morgan fingerprint density at radius 3 is 2.75 bits per heavy atom. The molecule has 0 aromatic heterocycles. The summed E-state index contributed by atoms with van der Waals surface area (Å²) in [6.45, 7) is 2.84. The molecule has 0 bridgehead atoms. The average Bonchev–Trinajstić information content (AvgIpc) is 2.46. The Morgan fingerprint density at radius 1 is 1.25 bits per heavy atom. The third kappa shape index (κ3) is 3.74. The highest BCUT2D eigenvalue weighted by atomic mass is 79.9. The Hall–Kier alpha value is -1.52. The first kappa shape index (κ1) is 14.9. The topological polar surface area (TPSA) is 41.5 Å². The van der Waals surface area contributed by atoms with Crippen molar-refractivity contribution < 1.29 is 9.84 Å². The predicted octanol–water partition coefficient (Wildman–Crippen LogP) is 4.01. The van der Waals surface area contributed by atoms with Crippen molar-refractivity contribution in [3.63, 3.8) is 0 Å². The quantitative estimate of drug-likeness (QED) is 0.867. The maximum absolute atomic E-state index is 9.57. The zero-order valence-corrected chi connectivity index (χ0v) is 13.1. The van der Waals surface area contributed by atoms with Crippen molar-refractivity contribution in [2.45, 2.75) is 19.5 Å². The normalized spacial score (nSPS) is 12.2. The van der Waals surface area contributed by atoms with Crippen LogP contribution < -0.4 is 10.1 Å². The molecular formula is C16H18BrNO2. The fourth-order valence-electron chi connectivity index (χ4n) is 2.00. The molecule has 0 unspecified atom stereocenters. The molecule has 0 fully saturated rings. The maximum atomic E-state index is 9.57. The molecule has 0 spiro atoms. The lowest BCUT2D eigenvalue weighted by Gasteiger charge is -2.15. The van der Waals surface area contributed by atoms with Crippen LogP contribution in [-0.4, -0.2) is 12.2 Å². The van der Waals surface area contributed by atoms with Crippen molar-refractivity contribution in [3.8, 4) is 11.5 Å². The van der Waals surface area contributed by atoms with Crippen LogP contribution in [-0.2, 0) is 6.54 Å². The van der Waals surface area contributed by atoms with E-state index in [0.29, 0.717) is 12.3 Å². The van der Waals surface area contributed by atoms with E-state index < -0.39 is 0 Å². The van der Waals surface area contributed by atoms with E-state index in [4.69, 9.17) is 4.74 Å². The van der Waals surface area contributed by atoms with Crippen LogP contribution in [0.2, 0.25) is 0 Å². The Morgan fingerprint density at radius 2 is 2.05 bits per heavy atom. The van der Waals surface area contributed by atoms with Gasteiger partial charge in [-0.25, -0.2) is 0 Å². The second-order valence-corrected chi connectivity index (χ2v) is 5.58. The Balaban J connectivity index is 2.01. The molecule has 0 radical (unpaired) electrons. The van der Waals surface area contributed by atoms with Gasteiger partial charge in [-0.3, -0.25) is 0 Å². The van der Waals surface area contributed by atoms with E-state index in [-0.39, 0.29) is 11.8 Å². The number of phenols is 1. The van der Waals surface area contributed by atoms with Gasteiger partial charge >= 0.3 is 0 Å². The second kappa shape index (κ2) is 6.77. The molecular weight excluding hydrogens is 318 g/mol. The van der Waals surface area contributed by atoms with Gasteiger partial charge in [-0.2, -0.15) is 0 Å². The zero-order chi connectivity index (χ0) is 14.5. The number of hydrogen-bond acceptors (Lipinski definition) is 3. The number of nitrogens with one attached hydrogen (secondary N) is 1. The number of aromatic hydroxyl groups is 1. The zero-order valence-electron chi connectivity index (χ0n) is 11.6. The standard InChI is InChI=1S/C16H18BrNO2/c1-11(13-4-3-5-14(17)9-13)18-10-12-6-7-15(19)16(8-12)20-2/h3-9,11,18-19H,10H2,1-2H3/t11-/m0/s1. The molecule has 2 aromatic rings. The molecule has 4 heteroatoms. The van der Waals surface area contributed by atoms with E-state index in [1.165, 1.54) is 5.56 Å². The minimum Gasteiger partial charge on any atom is -0.504 e. The van der Waals surface area contributed by atoms with E-state index in [2.05, 4.69) is 40.3 Å². The summed E-state index contributed by atoms with van der Waals surface area (Å²) in [7, 11) is 1.55. The molecule has 2 N–H and O–H groups in total. The van der Waals surface area contributed by atoms with Crippen LogP contribution in [0.25, 0.3) is 0 Å². The molecule has 2 rings (SSSR count). The van der Waals surface area contributed by atoms with E-state index in [9.17, 15) is 5.11 Å². The first-order chi connectivity index (χ1) is 9.60. The van der Waals surface area contributed by atoms with Crippen molar-refractivity contribution in [1.82, 2.24) is 5.32 Å². The number of benzene rings is 2. The van der Waals surface area contributed by atoms with Gasteiger partial charge in [0.2, 0.25) is 0 Å². The Kier molecular flexibility index (Phi) is 5.04. The first-order valence-electron chi connectivity index (χ1n) is 6.45. The van der Waals surface area contributed by atoms with E-state index in [1.54, 1.807) is 13.2 Å². The van der Waals surface area contributed by atoms with Gasteiger partial charge in [0.1, 0.15) is 0 Å². The lowest BCUT2D eigenvalue weighted by atomic mass is 10.1. The highest BCUT2D eigenvalue weighted by Crippen LogP contribution is 2.26. The highest BCUT2D eigenvalue weighted by Gasteiger charge is 2.07. The van der Waals surface area contributed by atoms with Crippen molar-refractivity contribution in [2.24, 2.45) is 0 Å². The monoisotopic (exact) mass is 335 g/mol. The van der Waals surface area contributed by atoms with Gasteiger partial charge < -0.3 is 15.2 Å². The fourth-order valence-corrected chi connectivity index (χ4v) is 2.41. The number of hydrogen-bond donors (Lipinski definition) is 2. The molecule has 0 aliphatic heterocycles. The van der Waals surface area contributed by atoms with Crippen LogP contribution in [0.5, 0.6) is 11.5 Å². The van der Waals surface area contributed by atoms with Gasteiger partial charge in [-0.05, 0) is 42.3 Å². The number of phenolic OH excluding ortho intramolecular Hbond substituents is 1. The predicted molar refractivity (Wildman–Crippen MR) is 84.1 cm³/mol. The summed E-state index contributed by atoms with van der Waals surface area (Å²) in [6.07, 6.45) is 0. The molecule has 106 valence electrons. The van der Waals surface area contributed by atoms with Gasteiger partial charge in [0, 0.05) is 17.1 Å². The molecule has 0 aliphatic rings. The SMILES string of the molecule is COc1cc(CN[C@@H](C)c2cccc(Br)c2)ccc1O. The van der Waals surface area contributed by atoms with Crippen LogP contribution >= 0.6 is 15.9 Å². The largest absolute Gasteiger partial charge is 0.504 e. The molecule has 0 heterocycles. The van der Waals surface area contributed by atoms with Crippen LogP contribution in [0.3, 0.4) is 0 Å². The van der Waals surface area contributed by atoms with Gasteiger partial charge in [0.25, 0.3) is 0 Å². The summed E-state index contributed by atoms with van der Waals surface area (Å²) in [4.78, 5) is 0. The summed E-state index contributed by atoms with van der Waals surface area (Å²) in [5.74, 6) is 0.663. The summed E-state index contributed by atoms with van der Waals surface area (Å²) >= 11 is 3.48. The van der Waals surface area contributed by atoms with E-state index in [1.807, 2.05) is 24.3 Å². The van der Waals surface area contributed by atoms with Gasteiger partial charge in [0.05, 0.1) is 7.11 Å². The molecule has 3 nitrogen and oxygen atoms in total.